The number of carbonyl (C=O) groups excluding carboxylic acids is 2. The van der Waals surface area contributed by atoms with Crippen LogP contribution in [0.1, 0.15) is 91.0 Å². The Balaban J connectivity index is 1.11. The average molecular weight is 678 g/mol. The van der Waals surface area contributed by atoms with E-state index < -0.39 is 11.2 Å². The van der Waals surface area contributed by atoms with Crippen molar-refractivity contribution in [3.63, 3.8) is 0 Å². The van der Waals surface area contributed by atoms with Crippen LogP contribution in [0.3, 0.4) is 0 Å². The van der Waals surface area contributed by atoms with Gasteiger partial charge in [-0.1, -0.05) is 36.4 Å². The average Bonchev–Trinajstić information content (AvgIpc) is 3.89. The lowest BCUT2D eigenvalue weighted by Crippen LogP contribution is -2.36. The molecule has 5 aromatic rings. The highest BCUT2D eigenvalue weighted by atomic mass is 16.6. The predicted molar refractivity (Wildman–Crippen MR) is 193 cm³/mol. The Hall–Kier alpha value is -5.06. The van der Waals surface area contributed by atoms with Crippen LogP contribution in [0.2, 0.25) is 0 Å². The monoisotopic (exact) mass is 677 g/mol. The number of H-pyrrole nitrogens is 2. The molecular weight excluding hydrogens is 630 g/mol. The number of rotatable bonds is 5. The van der Waals surface area contributed by atoms with Crippen LogP contribution in [0.5, 0.6) is 0 Å². The normalized spacial score (nSPS) is 18.3. The van der Waals surface area contributed by atoms with Gasteiger partial charge in [0.2, 0.25) is 0 Å². The van der Waals surface area contributed by atoms with Gasteiger partial charge < -0.3 is 24.0 Å². The molecule has 11 nitrogen and oxygen atoms in total. The summed E-state index contributed by atoms with van der Waals surface area (Å²) in [5, 5.41) is 1.14. The number of nitrogens with one attached hydrogen (secondary N) is 2. The predicted octanol–water partition coefficient (Wildman–Crippen LogP) is 8.77. The van der Waals surface area contributed by atoms with Crippen LogP contribution < -0.4 is 0 Å². The molecule has 5 heterocycles. The number of hydrogen-bond donors (Lipinski definition) is 2. The minimum Gasteiger partial charge on any atom is -0.444 e. The third-order valence-corrected chi connectivity index (χ3v) is 9.42. The first kappa shape index (κ1) is 33.4. The molecule has 50 heavy (non-hydrogen) atoms. The Labute approximate surface area is 293 Å². The molecule has 11 heteroatoms. The molecule has 2 fully saturated rings. The zero-order valence-electron chi connectivity index (χ0n) is 30.0. The second-order valence-electron chi connectivity index (χ2n) is 15.5. The number of aryl methyl sites for hydroxylation is 1. The van der Waals surface area contributed by atoms with Crippen LogP contribution >= 0.6 is 0 Å². The summed E-state index contributed by atoms with van der Waals surface area (Å²) in [6, 6.07) is 14.7. The van der Waals surface area contributed by atoms with E-state index >= 15 is 0 Å². The largest absolute Gasteiger partial charge is 0.444 e. The molecule has 2 N–H and O–H groups in total. The molecule has 0 saturated carbocycles. The first-order valence-electron chi connectivity index (χ1n) is 17.5. The van der Waals surface area contributed by atoms with Crippen molar-refractivity contribution in [2.45, 2.75) is 90.5 Å². The molecule has 2 aliphatic heterocycles. The van der Waals surface area contributed by atoms with Crippen molar-refractivity contribution >= 4 is 23.1 Å². The minimum absolute atomic E-state index is 0.129. The quantitative estimate of drug-likeness (QED) is 0.192. The summed E-state index contributed by atoms with van der Waals surface area (Å²) >= 11 is 0. The van der Waals surface area contributed by atoms with Crippen molar-refractivity contribution in [2.24, 2.45) is 7.05 Å². The summed E-state index contributed by atoms with van der Waals surface area (Å²) in [7, 11) is 2.06. The standard InChI is InChI=1S/C39H47N7O4/c1-38(2,3)49-36(47)45-19-8-10-31(45)34-40-22-29(42-34)25-14-12-24(13-15-25)26-16-17-28(33-27(26)18-21-44(33)7)30-23-41-35(43-30)32-11-9-20-46(32)37(48)50-39(4,5)6/h12-18,21-23,31-32H,8-11,19-20H2,1-7H3,(H,40,42)(H,41,43). The van der Waals surface area contributed by atoms with Crippen molar-refractivity contribution in [1.82, 2.24) is 34.3 Å². The van der Waals surface area contributed by atoms with E-state index in [-0.39, 0.29) is 24.3 Å². The van der Waals surface area contributed by atoms with E-state index in [0.29, 0.717) is 13.1 Å². The van der Waals surface area contributed by atoms with Crippen LogP contribution in [0.4, 0.5) is 9.59 Å². The molecule has 2 atom stereocenters. The van der Waals surface area contributed by atoms with Gasteiger partial charge in [-0.05, 0) is 90.0 Å². The summed E-state index contributed by atoms with van der Waals surface area (Å²) in [6.07, 6.45) is 8.70. The van der Waals surface area contributed by atoms with Crippen LogP contribution in [0.25, 0.3) is 44.5 Å². The van der Waals surface area contributed by atoms with Crippen LogP contribution in [-0.4, -0.2) is 70.8 Å². The summed E-state index contributed by atoms with van der Waals surface area (Å²) < 4.78 is 13.5. The zero-order chi connectivity index (χ0) is 35.4. The fourth-order valence-electron chi connectivity index (χ4n) is 7.19. The van der Waals surface area contributed by atoms with E-state index in [1.807, 2.05) is 53.9 Å². The maximum atomic E-state index is 12.9. The second-order valence-corrected chi connectivity index (χ2v) is 15.5. The molecular formula is C39H47N7O4. The third-order valence-electron chi connectivity index (χ3n) is 9.42. The van der Waals surface area contributed by atoms with Gasteiger partial charge in [0.25, 0.3) is 0 Å². The lowest BCUT2D eigenvalue weighted by molar-refractivity contribution is 0.0208. The van der Waals surface area contributed by atoms with Gasteiger partial charge in [-0.25, -0.2) is 19.6 Å². The third kappa shape index (κ3) is 6.60. The van der Waals surface area contributed by atoms with Gasteiger partial charge in [0.1, 0.15) is 22.9 Å². The van der Waals surface area contributed by atoms with Crippen molar-refractivity contribution in [3.05, 3.63) is 72.7 Å². The molecule has 2 unspecified atom stereocenters. The lowest BCUT2D eigenvalue weighted by Gasteiger charge is -2.27. The highest BCUT2D eigenvalue weighted by Gasteiger charge is 2.36. The molecule has 2 aromatic carbocycles. The highest BCUT2D eigenvalue weighted by molar-refractivity contribution is 6.03. The van der Waals surface area contributed by atoms with Gasteiger partial charge in [0, 0.05) is 37.3 Å². The van der Waals surface area contributed by atoms with Gasteiger partial charge in [0.05, 0.1) is 41.4 Å². The second kappa shape index (κ2) is 12.7. The lowest BCUT2D eigenvalue weighted by atomic mass is 9.97. The number of benzene rings is 2. The Kier molecular flexibility index (Phi) is 8.48. The summed E-state index contributed by atoms with van der Waals surface area (Å²) in [4.78, 5) is 45.8. The maximum Gasteiger partial charge on any atom is 0.410 e. The number of nitrogens with zero attached hydrogens (tertiary/aromatic N) is 5. The first-order valence-corrected chi connectivity index (χ1v) is 17.5. The Bertz CT molecular complexity index is 2030. The minimum atomic E-state index is -0.552. The number of carbonyl (C=O) groups is 2. The van der Waals surface area contributed by atoms with Crippen LogP contribution in [0, 0.1) is 0 Å². The molecule has 0 aliphatic carbocycles. The zero-order valence-corrected chi connectivity index (χ0v) is 30.0. The number of aromatic nitrogens is 5. The van der Waals surface area contributed by atoms with Crippen LogP contribution in [-0.2, 0) is 16.5 Å². The molecule has 0 radical (unpaired) electrons. The molecule has 0 spiro atoms. The first-order chi connectivity index (χ1) is 23.8. The van der Waals surface area contributed by atoms with Gasteiger partial charge in [-0.3, -0.25) is 9.80 Å². The van der Waals surface area contributed by atoms with Gasteiger partial charge in [0.15, 0.2) is 0 Å². The number of aromatic amines is 2. The molecule has 7 rings (SSSR count). The van der Waals surface area contributed by atoms with Gasteiger partial charge >= 0.3 is 12.2 Å². The van der Waals surface area contributed by atoms with Gasteiger partial charge in [-0.15, -0.1) is 0 Å². The van der Waals surface area contributed by atoms with E-state index in [1.165, 1.54) is 0 Å². The molecule has 3 aromatic heterocycles. The fourth-order valence-corrected chi connectivity index (χ4v) is 7.19. The summed E-state index contributed by atoms with van der Waals surface area (Å²) in [5.41, 5.74) is 6.12. The van der Waals surface area contributed by atoms with E-state index in [9.17, 15) is 9.59 Å². The SMILES string of the molecule is Cn1ccc2c(-c3ccc(-c4cnc(C5CCCN5C(=O)OC(C)(C)C)[nH]4)cc3)ccc(-c3cnc(C4CCCN4C(=O)OC(C)(C)C)[nH]3)c21. The van der Waals surface area contributed by atoms with E-state index in [4.69, 9.17) is 14.5 Å². The number of ether oxygens (including phenoxy) is 2. The number of fused-ring (bicyclic) bond motifs is 1. The number of amides is 2. The smallest absolute Gasteiger partial charge is 0.410 e. The van der Waals surface area contributed by atoms with Crippen molar-refractivity contribution in [1.29, 1.82) is 0 Å². The van der Waals surface area contributed by atoms with Crippen molar-refractivity contribution in [2.75, 3.05) is 13.1 Å². The fraction of sp³-hybridized carbons (Fsp3) is 0.436. The Morgan fingerprint density at radius 3 is 1.76 bits per heavy atom. The number of likely N-dealkylation sites (tertiary alicyclic amines) is 2. The molecule has 262 valence electrons. The maximum absolute atomic E-state index is 12.9. The van der Waals surface area contributed by atoms with E-state index in [0.717, 1.165) is 81.9 Å². The topological polar surface area (TPSA) is 121 Å². The Morgan fingerprint density at radius 1 is 0.700 bits per heavy atom. The summed E-state index contributed by atoms with van der Waals surface area (Å²) in [6.45, 7) is 12.6. The van der Waals surface area contributed by atoms with Gasteiger partial charge in [-0.2, -0.15) is 0 Å². The summed E-state index contributed by atoms with van der Waals surface area (Å²) in [5.74, 6) is 1.55. The Morgan fingerprint density at radius 2 is 1.20 bits per heavy atom. The highest BCUT2D eigenvalue weighted by Crippen LogP contribution is 2.39. The number of imidazole rings is 2. The molecule has 0 bridgehead atoms. The van der Waals surface area contributed by atoms with E-state index in [2.05, 4.69) is 75.2 Å². The molecule has 2 amide bonds. The number of hydrogen-bond acceptors (Lipinski definition) is 6. The molecule has 2 aliphatic rings. The molecule has 2 saturated heterocycles. The van der Waals surface area contributed by atoms with Crippen LogP contribution in [0.15, 0.2) is 61.1 Å². The van der Waals surface area contributed by atoms with Crippen molar-refractivity contribution < 1.29 is 19.1 Å². The van der Waals surface area contributed by atoms with Crippen molar-refractivity contribution in [3.8, 4) is 33.6 Å². The van der Waals surface area contributed by atoms with E-state index in [1.54, 1.807) is 9.80 Å².